The van der Waals surface area contributed by atoms with Gasteiger partial charge in [-0.1, -0.05) is 5.92 Å². The molecule has 0 radical (unpaired) electrons. The van der Waals surface area contributed by atoms with Gasteiger partial charge in [-0.3, -0.25) is 4.79 Å². The number of aryl methyl sites for hydroxylation is 2. The molecule has 2 heterocycles. The van der Waals surface area contributed by atoms with Gasteiger partial charge in [-0.2, -0.15) is 0 Å². The van der Waals surface area contributed by atoms with Crippen LogP contribution in [0, 0.1) is 26.2 Å². The second kappa shape index (κ2) is 4.90. The Morgan fingerprint density at radius 1 is 1.58 bits per heavy atom. The maximum Gasteiger partial charge on any atom is 0.266 e. The monoisotopic (exact) mass is 273 g/mol. The highest BCUT2D eigenvalue weighted by Crippen LogP contribution is 2.35. The minimum atomic E-state index is -0.157. The Hall–Kier alpha value is -2.06. The maximum atomic E-state index is 12.3. The van der Waals surface area contributed by atoms with Gasteiger partial charge in [0.25, 0.3) is 5.91 Å². The predicted molar refractivity (Wildman–Crippen MR) is 79.3 cm³/mol. The van der Waals surface area contributed by atoms with Crippen LogP contribution in [0.15, 0.2) is 6.07 Å². The van der Waals surface area contributed by atoms with Gasteiger partial charge in [0.1, 0.15) is 9.71 Å². The molecule has 0 unspecified atom stereocenters. The van der Waals surface area contributed by atoms with Crippen molar-refractivity contribution in [2.45, 2.75) is 13.8 Å². The molecule has 98 valence electrons. The molecule has 0 aliphatic rings. The lowest BCUT2D eigenvalue weighted by Crippen LogP contribution is -2.26. The van der Waals surface area contributed by atoms with Gasteiger partial charge in [0, 0.05) is 18.1 Å². The number of aromatic nitrogens is 1. The van der Waals surface area contributed by atoms with Crippen LogP contribution in [0.2, 0.25) is 0 Å². The highest BCUT2D eigenvalue weighted by Gasteiger charge is 2.21. The first-order valence-electron chi connectivity index (χ1n) is 5.80. The second-order valence-electron chi connectivity index (χ2n) is 4.47. The zero-order valence-electron chi connectivity index (χ0n) is 11.2. The number of hydrogen-bond donors (Lipinski definition) is 1. The van der Waals surface area contributed by atoms with Crippen LogP contribution in [0.1, 0.15) is 20.9 Å². The molecule has 5 heteroatoms. The highest BCUT2D eigenvalue weighted by atomic mass is 32.1. The Morgan fingerprint density at radius 2 is 2.26 bits per heavy atom. The number of terminal acetylenes is 1. The second-order valence-corrected chi connectivity index (χ2v) is 5.47. The van der Waals surface area contributed by atoms with Crippen molar-refractivity contribution in [3.8, 4) is 12.3 Å². The van der Waals surface area contributed by atoms with Crippen LogP contribution >= 0.6 is 11.3 Å². The van der Waals surface area contributed by atoms with Crippen LogP contribution in [0.4, 0.5) is 5.69 Å². The summed E-state index contributed by atoms with van der Waals surface area (Å²) in [5.41, 5.74) is 8.55. The predicted octanol–water partition coefficient (Wildman–Crippen LogP) is 2.20. The highest BCUT2D eigenvalue weighted by molar-refractivity contribution is 7.21. The Kier molecular flexibility index (Phi) is 3.45. The summed E-state index contributed by atoms with van der Waals surface area (Å²) in [6.07, 6.45) is 5.22. The summed E-state index contributed by atoms with van der Waals surface area (Å²) in [6, 6.07) is 1.96. The lowest BCUT2D eigenvalue weighted by molar-refractivity contribution is 0.0818. The zero-order valence-corrected chi connectivity index (χ0v) is 12.0. The fourth-order valence-corrected chi connectivity index (χ4v) is 3.22. The largest absolute Gasteiger partial charge is 0.397 e. The van der Waals surface area contributed by atoms with Crippen molar-refractivity contribution in [3.63, 3.8) is 0 Å². The van der Waals surface area contributed by atoms with E-state index >= 15 is 0 Å². The van der Waals surface area contributed by atoms with Crippen LogP contribution < -0.4 is 5.73 Å². The molecule has 2 N–H and O–H groups in total. The average molecular weight is 273 g/mol. The van der Waals surface area contributed by atoms with Gasteiger partial charge in [0.15, 0.2) is 0 Å². The number of thiophene rings is 1. The third-order valence-electron chi connectivity index (χ3n) is 2.89. The summed E-state index contributed by atoms with van der Waals surface area (Å²) in [5.74, 6) is 2.29. The molecule has 0 aliphatic carbocycles. The number of hydrogen-bond acceptors (Lipinski definition) is 4. The molecular weight excluding hydrogens is 258 g/mol. The lowest BCUT2D eigenvalue weighted by Gasteiger charge is -2.12. The molecule has 19 heavy (non-hydrogen) atoms. The lowest BCUT2D eigenvalue weighted by atomic mass is 10.1. The number of nitrogens with zero attached hydrogens (tertiary/aromatic N) is 2. The number of anilines is 1. The normalized spacial score (nSPS) is 10.4. The number of nitrogens with two attached hydrogens (primary N) is 1. The first-order chi connectivity index (χ1) is 8.95. The van der Waals surface area contributed by atoms with E-state index in [0.717, 1.165) is 21.5 Å². The zero-order chi connectivity index (χ0) is 14.2. The van der Waals surface area contributed by atoms with E-state index in [1.54, 1.807) is 7.05 Å². The quantitative estimate of drug-likeness (QED) is 0.853. The number of fused-ring (bicyclic) bond motifs is 1. The van der Waals surface area contributed by atoms with Gasteiger partial charge < -0.3 is 10.6 Å². The molecule has 2 aromatic heterocycles. The maximum absolute atomic E-state index is 12.3. The van der Waals surface area contributed by atoms with Crippen molar-refractivity contribution in [2.75, 3.05) is 19.3 Å². The number of nitrogen functional groups attached to an aromatic ring is 1. The fraction of sp³-hybridized carbons (Fsp3) is 0.286. The van der Waals surface area contributed by atoms with Crippen LogP contribution in [0.5, 0.6) is 0 Å². The Bertz CT molecular complexity index is 697. The number of carbonyl (C=O) groups is 1. The fourth-order valence-electron chi connectivity index (χ4n) is 2.01. The molecule has 0 bridgehead atoms. The Labute approximate surface area is 116 Å². The first kappa shape index (κ1) is 13.4. The number of carbonyl (C=O) groups excluding carboxylic acids is 1. The van der Waals surface area contributed by atoms with Crippen molar-refractivity contribution in [1.29, 1.82) is 0 Å². The van der Waals surface area contributed by atoms with E-state index in [9.17, 15) is 4.79 Å². The van der Waals surface area contributed by atoms with Crippen LogP contribution in [-0.4, -0.2) is 29.4 Å². The van der Waals surface area contributed by atoms with Crippen molar-refractivity contribution in [2.24, 2.45) is 0 Å². The molecule has 1 amide bonds. The molecule has 0 atom stereocenters. The number of pyridine rings is 1. The topological polar surface area (TPSA) is 59.2 Å². The number of rotatable bonds is 2. The molecule has 0 saturated heterocycles. The van der Waals surface area contributed by atoms with E-state index in [1.165, 1.54) is 16.2 Å². The molecule has 4 nitrogen and oxygen atoms in total. The van der Waals surface area contributed by atoms with E-state index in [1.807, 2.05) is 19.9 Å². The summed E-state index contributed by atoms with van der Waals surface area (Å²) in [5, 5.41) is 0.869. The summed E-state index contributed by atoms with van der Waals surface area (Å²) in [6.45, 7) is 4.16. The third kappa shape index (κ3) is 2.27. The van der Waals surface area contributed by atoms with Gasteiger partial charge in [0.2, 0.25) is 0 Å². The summed E-state index contributed by atoms with van der Waals surface area (Å²) in [4.78, 5) is 19.5. The Balaban J connectivity index is 2.58. The van der Waals surface area contributed by atoms with Crippen molar-refractivity contribution in [1.82, 2.24) is 9.88 Å². The Morgan fingerprint density at radius 3 is 2.89 bits per heavy atom. The van der Waals surface area contributed by atoms with Gasteiger partial charge in [-0.25, -0.2) is 4.98 Å². The van der Waals surface area contributed by atoms with Crippen LogP contribution in [0.3, 0.4) is 0 Å². The molecule has 0 aromatic carbocycles. The molecule has 2 rings (SSSR count). The molecule has 0 saturated carbocycles. The standard InChI is InChI=1S/C14H15N3OS/c1-5-6-17(4)14(18)12-11(15)10-8(2)7-9(3)16-13(10)19-12/h1,7H,6,15H2,2-4H3. The minimum Gasteiger partial charge on any atom is -0.397 e. The van der Waals surface area contributed by atoms with Gasteiger partial charge >= 0.3 is 0 Å². The van der Waals surface area contributed by atoms with Gasteiger partial charge in [-0.05, 0) is 25.5 Å². The average Bonchev–Trinajstić information content (AvgIpc) is 2.65. The van der Waals surface area contributed by atoms with E-state index in [2.05, 4.69) is 10.9 Å². The smallest absolute Gasteiger partial charge is 0.266 e. The van der Waals surface area contributed by atoms with Gasteiger partial charge in [-0.15, -0.1) is 17.8 Å². The third-order valence-corrected chi connectivity index (χ3v) is 3.98. The first-order valence-corrected chi connectivity index (χ1v) is 6.62. The molecule has 0 spiro atoms. The van der Waals surface area contributed by atoms with Crippen LogP contribution in [0.25, 0.3) is 10.2 Å². The summed E-state index contributed by atoms with van der Waals surface area (Å²) < 4.78 is 0. The summed E-state index contributed by atoms with van der Waals surface area (Å²) >= 11 is 1.32. The number of amides is 1. The minimum absolute atomic E-state index is 0.157. The van der Waals surface area contributed by atoms with Crippen molar-refractivity contribution < 1.29 is 4.79 Å². The molecular formula is C14H15N3OS. The van der Waals surface area contributed by atoms with Crippen LogP contribution in [-0.2, 0) is 0 Å². The van der Waals surface area contributed by atoms with E-state index in [0.29, 0.717) is 10.6 Å². The molecule has 2 aromatic rings. The van der Waals surface area contributed by atoms with Crippen molar-refractivity contribution >= 4 is 33.1 Å². The van der Waals surface area contributed by atoms with E-state index < -0.39 is 0 Å². The van der Waals surface area contributed by atoms with E-state index in [-0.39, 0.29) is 12.5 Å². The summed E-state index contributed by atoms with van der Waals surface area (Å²) in [7, 11) is 1.66. The SMILES string of the molecule is C#CCN(C)C(=O)c1sc2nc(C)cc(C)c2c1N. The van der Waals surface area contributed by atoms with Gasteiger partial charge in [0.05, 0.1) is 12.2 Å². The molecule has 0 fully saturated rings. The van der Waals surface area contributed by atoms with Crippen molar-refractivity contribution in [3.05, 3.63) is 22.2 Å². The molecule has 0 aliphatic heterocycles. The van der Waals surface area contributed by atoms with E-state index in [4.69, 9.17) is 12.2 Å².